The summed E-state index contributed by atoms with van der Waals surface area (Å²) in [5.74, 6) is 0.119. The van der Waals surface area contributed by atoms with Crippen LogP contribution >= 0.6 is 0 Å². The average molecular weight is 435 g/mol. The summed E-state index contributed by atoms with van der Waals surface area (Å²) in [4.78, 5) is 23.6. The van der Waals surface area contributed by atoms with E-state index in [1.807, 2.05) is 54.7 Å². The lowest BCUT2D eigenvalue weighted by Crippen LogP contribution is -1.99. The molecule has 0 saturated heterocycles. The Kier molecular flexibility index (Phi) is 5.04. The fourth-order valence-electron chi connectivity index (χ4n) is 3.49. The molecule has 3 heterocycles. The molecule has 0 aliphatic carbocycles. The van der Waals surface area contributed by atoms with Crippen LogP contribution in [0, 0.1) is 10.1 Å². The van der Waals surface area contributed by atoms with Crippen molar-refractivity contribution in [2.24, 2.45) is 0 Å². The van der Waals surface area contributed by atoms with Crippen LogP contribution in [0.3, 0.4) is 0 Å². The Hall–Kier alpha value is -4.92. The maximum absolute atomic E-state index is 11.1. The SMILES string of the molecule is Nc1nc(-c2cccnc2)cc(-c2cn(-c3ccccc3)nc2-c2ccc([N+](=O)[O-])cc2)n1. The lowest BCUT2D eigenvalue weighted by Gasteiger charge is -2.06. The fraction of sp³-hybridized carbons (Fsp3) is 0. The molecule has 33 heavy (non-hydrogen) atoms. The first-order valence-corrected chi connectivity index (χ1v) is 10.0. The minimum absolute atomic E-state index is 0.00735. The highest BCUT2D eigenvalue weighted by molar-refractivity contribution is 5.81. The summed E-state index contributed by atoms with van der Waals surface area (Å²) in [7, 11) is 0. The highest BCUT2D eigenvalue weighted by Gasteiger charge is 2.18. The van der Waals surface area contributed by atoms with Gasteiger partial charge in [0.05, 0.1) is 22.0 Å². The van der Waals surface area contributed by atoms with Crippen LogP contribution in [0.2, 0.25) is 0 Å². The number of para-hydroxylation sites is 1. The van der Waals surface area contributed by atoms with E-state index >= 15 is 0 Å². The van der Waals surface area contributed by atoms with E-state index in [1.165, 1.54) is 12.1 Å². The molecule has 9 nitrogen and oxygen atoms in total. The number of hydrogen-bond acceptors (Lipinski definition) is 7. The lowest BCUT2D eigenvalue weighted by molar-refractivity contribution is -0.384. The minimum atomic E-state index is -0.432. The van der Waals surface area contributed by atoms with Crippen LogP contribution in [0.4, 0.5) is 11.6 Å². The number of aromatic nitrogens is 5. The smallest absolute Gasteiger partial charge is 0.269 e. The van der Waals surface area contributed by atoms with Gasteiger partial charge in [-0.15, -0.1) is 0 Å². The number of non-ortho nitro benzene ring substituents is 1. The third-order valence-electron chi connectivity index (χ3n) is 5.06. The molecule has 5 aromatic rings. The molecular weight excluding hydrogens is 418 g/mol. The Bertz CT molecular complexity index is 1430. The predicted molar refractivity (Wildman–Crippen MR) is 124 cm³/mol. The van der Waals surface area contributed by atoms with Crippen LogP contribution in [0.1, 0.15) is 0 Å². The second-order valence-electron chi connectivity index (χ2n) is 7.21. The van der Waals surface area contributed by atoms with Gasteiger partial charge in [0.15, 0.2) is 0 Å². The molecule has 0 saturated carbocycles. The molecule has 160 valence electrons. The van der Waals surface area contributed by atoms with Gasteiger partial charge < -0.3 is 5.73 Å². The number of nitrogens with two attached hydrogens (primary N) is 1. The largest absolute Gasteiger partial charge is 0.368 e. The first kappa shape index (κ1) is 20.0. The van der Waals surface area contributed by atoms with Crippen molar-refractivity contribution >= 4 is 11.6 Å². The maximum Gasteiger partial charge on any atom is 0.269 e. The van der Waals surface area contributed by atoms with Gasteiger partial charge in [-0.2, -0.15) is 5.10 Å². The highest BCUT2D eigenvalue weighted by Crippen LogP contribution is 2.33. The molecule has 0 aliphatic rings. The Labute approximate surface area is 188 Å². The first-order chi connectivity index (χ1) is 16.1. The molecule has 2 aromatic carbocycles. The fourth-order valence-corrected chi connectivity index (χ4v) is 3.49. The number of pyridine rings is 1. The van der Waals surface area contributed by atoms with Crippen molar-refractivity contribution in [1.29, 1.82) is 0 Å². The van der Waals surface area contributed by atoms with Gasteiger partial charge in [0.25, 0.3) is 5.69 Å². The van der Waals surface area contributed by atoms with E-state index in [-0.39, 0.29) is 11.6 Å². The number of nitrogen functional groups attached to an aromatic ring is 1. The third kappa shape index (κ3) is 4.02. The van der Waals surface area contributed by atoms with Crippen LogP contribution in [0.15, 0.2) is 91.4 Å². The second-order valence-corrected chi connectivity index (χ2v) is 7.21. The number of nitro benzene ring substituents is 1. The first-order valence-electron chi connectivity index (χ1n) is 10.0. The van der Waals surface area contributed by atoms with E-state index in [2.05, 4.69) is 15.0 Å². The molecule has 0 fully saturated rings. The molecule has 0 bridgehead atoms. The quantitative estimate of drug-likeness (QED) is 0.317. The van der Waals surface area contributed by atoms with Crippen LogP contribution in [0.5, 0.6) is 0 Å². The number of benzene rings is 2. The zero-order valence-electron chi connectivity index (χ0n) is 17.2. The number of nitro groups is 1. The van der Waals surface area contributed by atoms with Crippen molar-refractivity contribution in [1.82, 2.24) is 24.7 Å². The second kappa shape index (κ2) is 8.31. The topological polar surface area (TPSA) is 126 Å². The summed E-state index contributed by atoms with van der Waals surface area (Å²) in [6.45, 7) is 0. The standard InChI is InChI=1S/C24H17N7O2/c25-24-27-21(17-5-4-12-26-14-17)13-22(28-24)20-15-30(18-6-2-1-3-7-18)29-23(20)16-8-10-19(11-9-16)31(32)33/h1-15H,(H2,25,27,28). The van der Waals surface area contributed by atoms with Crippen molar-refractivity contribution < 1.29 is 4.92 Å². The van der Waals surface area contributed by atoms with Gasteiger partial charge in [-0.25, -0.2) is 14.6 Å². The van der Waals surface area contributed by atoms with Crippen molar-refractivity contribution in [3.8, 4) is 39.5 Å². The van der Waals surface area contributed by atoms with Gasteiger partial charge in [0.2, 0.25) is 5.95 Å². The van der Waals surface area contributed by atoms with Gasteiger partial charge in [-0.1, -0.05) is 18.2 Å². The van der Waals surface area contributed by atoms with Gasteiger partial charge >= 0.3 is 0 Å². The molecule has 0 radical (unpaired) electrons. The molecule has 0 unspecified atom stereocenters. The molecule has 3 aromatic heterocycles. The predicted octanol–water partition coefficient (Wildman–Crippen LogP) is 4.55. The van der Waals surface area contributed by atoms with Gasteiger partial charge in [-0.05, 0) is 42.5 Å². The highest BCUT2D eigenvalue weighted by atomic mass is 16.6. The van der Waals surface area contributed by atoms with Gasteiger partial charge in [-0.3, -0.25) is 15.1 Å². The summed E-state index contributed by atoms with van der Waals surface area (Å²) < 4.78 is 1.74. The zero-order valence-corrected chi connectivity index (χ0v) is 17.2. The van der Waals surface area contributed by atoms with Crippen molar-refractivity contribution in [3.05, 3.63) is 102 Å². The van der Waals surface area contributed by atoms with Crippen molar-refractivity contribution in [2.45, 2.75) is 0 Å². The molecular formula is C24H17N7O2. The van der Waals surface area contributed by atoms with Crippen LogP contribution in [-0.2, 0) is 0 Å². The molecule has 0 amide bonds. The van der Waals surface area contributed by atoms with Gasteiger partial charge in [0.1, 0.15) is 5.69 Å². The zero-order chi connectivity index (χ0) is 22.8. The van der Waals surface area contributed by atoms with Crippen LogP contribution < -0.4 is 5.73 Å². The Morgan fingerprint density at radius 3 is 2.33 bits per heavy atom. The molecule has 0 aliphatic heterocycles. The van der Waals surface area contributed by atoms with E-state index in [0.717, 1.165) is 11.3 Å². The summed E-state index contributed by atoms with van der Waals surface area (Å²) in [6.07, 6.45) is 5.25. The molecule has 9 heteroatoms. The van der Waals surface area contributed by atoms with E-state index in [0.29, 0.717) is 28.2 Å². The number of anilines is 1. The van der Waals surface area contributed by atoms with E-state index in [1.54, 1.807) is 29.2 Å². The normalized spacial score (nSPS) is 10.8. The van der Waals surface area contributed by atoms with E-state index in [9.17, 15) is 10.1 Å². The number of hydrogen-bond donors (Lipinski definition) is 1. The lowest BCUT2D eigenvalue weighted by atomic mass is 10.0. The summed E-state index contributed by atoms with van der Waals surface area (Å²) >= 11 is 0. The van der Waals surface area contributed by atoms with E-state index < -0.39 is 4.92 Å². The maximum atomic E-state index is 11.1. The van der Waals surface area contributed by atoms with Crippen molar-refractivity contribution in [3.63, 3.8) is 0 Å². The summed E-state index contributed by atoms with van der Waals surface area (Å²) in [5, 5.41) is 15.9. The van der Waals surface area contributed by atoms with E-state index in [4.69, 9.17) is 10.8 Å². The van der Waals surface area contributed by atoms with Crippen molar-refractivity contribution in [2.75, 3.05) is 5.73 Å². The van der Waals surface area contributed by atoms with Gasteiger partial charge in [0, 0.05) is 47.4 Å². The Morgan fingerprint density at radius 2 is 1.64 bits per heavy atom. The molecule has 0 atom stereocenters. The minimum Gasteiger partial charge on any atom is -0.368 e. The van der Waals surface area contributed by atoms with Crippen LogP contribution in [0.25, 0.3) is 39.5 Å². The number of nitrogens with zero attached hydrogens (tertiary/aromatic N) is 6. The Balaban J connectivity index is 1.69. The summed E-state index contributed by atoms with van der Waals surface area (Å²) in [6, 6.07) is 21.4. The molecule has 2 N–H and O–H groups in total. The summed E-state index contributed by atoms with van der Waals surface area (Å²) in [5.41, 5.74) is 11.0. The third-order valence-corrected chi connectivity index (χ3v) is 5.06. The Morgan fingerprint density at radius 1 is 0.879 bits per heavy atom. The molecule has 5 rings (SSSR count). The molecule has 0 spiro atoms. The average Bonchev–Trinajstić information content (AvgIpc) is 3.30. The van der Waals surface area contributed by atoms with Crippen LogP contribution in [-0.4, -0.2) is 29.7 Å². The number of rotatable bonds is 5. The monoisotopic (exact) mass is 435 g/mol.